The number of anilines is 1. The van der Waals surface area contributed by atoms with Crippen molar-refractivity contribution in [3.05, 3.63) is 10.2 Å². The van der Waals surface area contributed by atoms with Crippen molar-refractivity contribution < 1.29 is 9.26 Å². The quantitative estimate of drug-likeness (QED) is 0.790. The van der Waals surface area contributed by atoms with Gasteiger partial charge in [0.15, 0.2) is 0 Å². The lowest BCUT2D eigenvalue weighted by molar-refractivity contribution is 0.177. The zero-order valence-corrected chi connectivity index (χ0v) is 7.01. The van der Waals surface area contributed by atoms with Gasteiger partial charge in [-0.2, -0.15) is 0 Å². The van der Waals surface area contributed by atoms with E-state index in [4.69, 9.17) is 10.5 Å². The summed E-state index contributed by atoms with van der Waals surface area (Å²) in [7, 11) is 1.58. The van der Waals surface area contributed by atoms with Gasteiger partial charge in [-0.05, 0) is 15.9 Å². The largest absolute Gasteiger partial charge is 0.378 e. The van der Waals surface area contributed by atoms with Crippen LogP contribution in [0, 0.1) is 0 Å². The van der Waals surface area contributed by atoms with Crippen molar-refractivity contribution in [1.29, 1.82) is 0 Å². The minimum atomic E-state index is 0.284. The molecule has 0 radical (unpaired) electrons. The lowest BCUT2D eigenvalue weighted by Gasteiger charge is -1.90. The molecule has 1 aromatic heterocycles. The van der Waals surface area contributed by atoms with E-state index in [9.17, 15) is 0 Å². The van der Waals surface area contributed by atoms with Gasteiger partial charge in [-0.1, -0.05) is 5.16 Å². The van der Waals surface area contributed by atoms with Gasteiger partial charge in [-0.3, -0.25) is 0 Å². The molecular formula is C5H7BrN2O2. The Bertz CT molecular complexity index is 223. The van der Waals surface area contributed by atoms with Crippen LogP contribution in [0.3, 0.4) is 0 Å². The molecule has 1 heterocycles. The normalized spacial score (nSPS) is 10.2. The SMILES string of the molecule is COCc1noc(N)c1Br. The number of methoxy groups -OCH3 is 1. The molecule has 4 nitrogen and oxygen atoms in total. The van der Waals surface area contributed by atoms with Crippen molar-refractivity contribution in [3.63, 3.8) is 0 Å². The van der Waals surface area contributed by atoms with Gasteiger partial charge in [0.1, 0.15) is 10.2 Å². The zero-order valence-electron chi connectivity index (χ0n) is 5.43. The minimum absolute atomic E-state index is 0.284. The van der Waals surface area contributed by atoms with Gasteiger partial charge >= 0.3 is 0 Å². The fraction of sp³-hybridized carbons (Fsp3) is 0.400. The van der Waals surface area contributed by atoms with E-state index in [0.29, 0.717) is 16.8 Å². The lowest BCUT2D eigenvalue weighted by Crippen LogP contribution is -1.88. The molecule has 5 heteroatoms. The topological polar surface area (TPSA) is 61.3 Å². The standard InChI is InChI=1S/C5H7BrN2O2/c1-9-2-3-4(6)5(7)10-8-3/h2,7H2,1H3. The first kappa shape index (κ1) is 7.56. The number of nitrogens with two attached hydrogens (primary N) is 1. The Labute approximate surface area is 66.4 Å². The van der Waals surface area contributed by atoms with E-state index in [1.165, 1.54) is 0 Å². The molecular weight excluding hydrogens is 200 g/mol. The molecule has 0 aliphatic carbocycles. The highest BCUT2D eigenvalue weighted by atomic mass is 79.9. The molecule has 0 unspecified atom stereocenters. The number of halogens is 1. The molecule has 10 heavy (non-hydrogen) atoms. The summed E-state index contributed by atoms with van der Waals surface area (Å²) in [6.07, 6.45) is 0. The summed E-state index contributed by atoms with van der Waals surface area (Å²) in [5, 5.41) is 3.63. The fourth-order valence-corrected chi connectivity index (χ4v) is 0.812. The third kappa shape index (κ3) is 1.30. The Hall–Kier alpha value is -0.550. The second-order valence-electron chi connectivity index (χ2n) is 1.74. The minimum Gasteiger partial charge on any atom is -0.378 e. The summed E-state index contributed by atoms with van der Waals surface area (Å²) < 4.78 is 10.1. The molecule has 0 aliphatic rings. The molecule has 0 saturated carbocycles. The van der Waals surface area contributed by atoms with Crippen LogP contribution in [0.25, 0.3) is 0 Å². The van der Waals surface area contributed by atoms with Crippen LogP contribution < -0.4 is 5.73 Å². The summed E-state index contributed by atoms with van der Waals surface area (Å²) in [5.41, 5.74) is 6.02. The van der Waals surface area contributed by atoms with Crippen LogP contribution >= 0.6 is 15.9 Å². The molecule has 0 spiro atoms. The van der Waals surface area contributed by atoms with Crippen molar-refractivity contribution in [3.8, 4) is 0 Å². The molecule has 0 aliphatic heterocycles. The second kappa shape index (κ2) is 3.03. The predicted molar refractivity (Wildman–Crippen MR) is 39.3 cm³/mol. The number of rotatable bonds is 2. The van der Waals surface area contributed by atoms with E-state index < -0.39 is 0 Å². The smallest absolute Gasteiger partial charge is 0.236 e. The molecule has 0 amide bonds. The van der Waals surface area contributed by atoms with Gasteiger partial charge in [0.25, 0.3) is 0 Å². The van der Waals surface area contributed by atoms with Gasteiger partial charge in [0.2, 0.25) is 5.88 Å². The second-order valence-corrected chi connectivity index (χ2v) is 2.53. The number of hydrogen-bond donors (Lipinski definition) is 1. The first-order chi connectivity index (χ1) is 4.75. The maximum atomic E-state index is 5.34. The molecule has 1 rings (SSSR count). The zero-order chi connectivity index (χ0) is 7.56. The summed E-state index contributed by atoms with van der Waals surface area (Å²) in [6, 6.07) is 0. The van der Waals surface area contributed by atoms with Crippen LogP contribution in [0.2, 0.25) is 0 Å². The number of nitrogens with zero attached hydrogens (tertiary/aromatic N) is 1. The molecule has 56 valence electrons. The highest BCUT2D eigenvalue weighted by Gasteiger charge is 2.08. The Morgan fingerprint density at radius 1 is 1.80 bits per heavy atom. The van der Waals surface area contributed by atoms with Gasteiger partial charge in [-0.25, -0.2) is 0 Å². The summed E-state index contributed by atoms with van der Waals surface area (Å²) in [4.78, 5) is 0. The van der Waals surface area contributed by atoms with Crippen LogP contribution in [0.15, 0.2) is 9.00 Å². The van der Waals surface area contributed by atoms with Crippen LogP contribution in [0.1, 0.15) is 5.69 Å². The summed E-state index contributed by atoms with van der Waals surface area (Å²) >= 11 is 3.19. The number of aromatic nitrogens is 1. The lowest BCUT2D eigenvalue weighted by atomic mass is 10.4. The van der Waals surface area contributed by atoms with Crippen LogP contribution in [-0.2, 0) is 11.3 Å². The fourth-order valence-electron chi connectivity index (χ4n) is 0.553. The van der Waals surface area contributed by atoms with Crippen molar-refractivity contribution in [2.75, 3.05) is 12.8 Å². The first-order valence-electron chi connectivity index (χ1n) is 2.64. The third-order valence-corrected chi connectivity index (χ3v) is 1.85. The van der Waals surface area contributed by atoms with E-state index >= 15 is 0 Å². The molecule has 0 fully saturated rings. The molecule has 1 aromatic rings. The predicted octanol–water partition coefficient (Wildman–Crippen LogP) is 1.17. The molecule has 0 saturated heterocycles. The Kier molecular flexibility index (Phi) is 2.29. The monoisotopic (exact) mass is 206 g/mol. The Balaban J connectivity index is 2.83. The van der Waals surface area contributed by atoms with E-state index in [1.54, 1.807) is 7.11 Å². The summed E-state index contributed by atoms with van der Waals surface area (Å²) in [6.45, 7) is 0.404. The highest BCUT2D eigenvalue weighted by Crippen LogP contribution is 2.23. The Morgan fingerprint density at radius 3 is 2.90 bits per heavy atom. The molecule has 0 bridgehead atoms. The highest BCUT2D eigenvalue weighted by molar-refractivity contribution is 9.10. The number of hydrogen-bond acceptors (Lipinski definition) is 4. The van der Waals surface area contributed by atoms with Crippen molar-refractivity contribution in [2.45, 2.75) is 6.61 Å². The number of nitrogen functional groups attached to an aromatic ring is 1. The number of ether oxygens (including phenoxy) is 1. The van der Waals surface area contributed by atoms with Crippen molar-refractivity contribution in [1.82, 2.24) is 5.16 Å². The van der Waals surface area contributed by atoms with Crippen molar-refractivity contribution >= 4 is 21.8 Å². The van der Waals surface area contributed by atoms with Gasteiger partial charge in [-0.15, -0.1) is 0 Å². The first-order valence-corrected chi connectivity index (χ1v) is 3.43. The average molecular weight is 207 g/mol. The van der Waals surface area contributed by atoms with Crippen LogP contribution in [-0.4, -0.2) is 12.3 Å². The molecule has 0 atom stereocenters. The molecule has 0 aromatic carbocycles. The van der Waals surface area contributed by atoms with Gasteiger partial charge in [0, 0.05) is 7.11 Å². The third-order valence-electron chi connectivity index (χ3n) is 1.00. The molecule has 2 N–H and O–H groups in total. The maximum Gasteiger partial charge on any atom is 0.236 e. The van der Waals surface area contributed by atoms with Gasteiger partial charge in [0.05, 0.1) is 6.61 Å². The van der Waals surface area contributed by atoms with E-state index in [2.05, 4.69) is 25.6 Å². The van der Waals surface area contributed by atoms with E-state index in [1.807, 2.05) is 0 Å². The van der Waals surface area contributed by atoms with Crippen LogP contribution in [0.4, 0.5) is 5.88 Å². The van der Waals surface area contributed by atoms with E-state index in [0.717, 1.165) is 0 Å². The average Bonchev–Trinajstić information content (AvgIpc) is 2.20. The van der Waals surface area contributed by atoms with Gasteiger partial charge < -0.3 is 15.0 Å². The Morgan fingerprint density at radius 2 is 2.50 bits per heavy atom. The van der Waals surface area contributed by atoms with Crippen molar-refractivity contribution in [2.24, 2.45) is 0 Å². The maximum absolute atomic E-state index is 5.34. The van der Waals surface area contributed by atoms with Crippen LogP contribution in [0.5, 0.6) is 0 Å². The summed E-state index contributed by atoms with van der Waals surface area (Å²) in [5.74, 6) is 0.284. The van der Waals surface area contributed by atoms with E-state index in [-0.39, 0.29) is 5.88 Å².